The molecule has 0 radical (unpaired) electrons. The van der Waals surface area contributed by atoms with Gasteiger partial charge in [-0.2, -0.15) is 0 Å². The van der Waals surface area contributed by atoms with Gasteiger partial charge in [-0.15, -0.1) is 12.4 Å². The topological polar surface area (TPSA) is 567 Å². The van der Waals surface area contributed by atoms with Crippen molar-refractivity contribution in [1.82, 2.24) is 69.8 Å². The van der Waals surface area contributed by atoms with Crippen molar-refractivity contribution in [2.75, 3.05) is 22.9 Å². The van der Waals surface area contributed by atoms with Gasteiger partial charge in [-0.05, 0) is 182 Å². The smallest absolute Gasteiger partial charge is 0.254 e. The van der Waals surface area contributed by atoms with E-state index in [1.807, 2.05) is 97.1 Å². The number of carbonyl (C=O) groups is 2. The van der Waals surface area contributed by atoms with Gasteiger partial charge >= 0.3 is 191 Å². The molecule has 0 aliphatic heterocycles. The number of benzene rings is 6. The summed E-state index contributed by atoms with van der Waals surface area (Å²) in [5.41, 5.74) is 45.3. The van der Waals surface area contributed by atoms with Crippen LogP contribution in [-0.2, 0) is 107 Å². The van der Waals surface area contributed by atoms with Gasteiger partial charge in [0.15, 0.2) is 0 Å². The quantitative estimate of drug-likeness (QED) is 0.00788. The molecule has 0 saturated carbocycles. The van der Waals surface area contributed by atoms with Crippen LogP contribution in [-0.4, -0.2) is 127 Å². The molecule has 20 rings (SSSR count). The summed E-state index contributed by atoms with van der Waals surface area (Å²) in [4.78, 5) is 132. The van der Waals surface area contributed by atoms with Gasteiger partial charge in [-0.3, -0.25) is 110 Å². The van der Waals surface area contributed by atoms with Crippen LogP contribution >= 0.6 is 41.0 Å². The Morgan fingerprint density at radius 3 is 0.686 bits per heavy atom. The average molecular weight is 2520 g/mol. The summed E-state index contributed by atoms with van der Waals surface area (Å²) in [6.07, 6.45) is 20.8. The van der Waals surface area contributed by atoms with Crippen LogP contribution in [0, 0.1) is 60.9 Å². The van der Waals surface area contributed by atoms with Crippen molar-refractivity contribution in [3.63, 3.8) is 0 Å². The van der Waals surface area contributed by atoms with Crippen LogP contribution in [0.25, 0.3) is 156 Å². The van der Waals surface area contributed by atoms with Crippen LogP contribution in [0.15, 0.2) is 232 Å². The third kappa shape index (κ3) is 31.5. The third-order valence-corrected chi connectivity index (χ3v) is 18.8. The minimum atomic E-state index is -0.511. The summed E-state index contributed by atoms with van der Waals surface area (Å²) in [6.45, 7) is 58.7. The van der Waals surface area contributed by atoms with E-state index in [1.54, 1.807) is 98.6 Å². The number of fused-ring (bicyclic) bond motifs is 22. The van der Waals surface area contributed by atoms with Gasteiger partial charge in [0.2, 0.25) is 11.6 Å². The van der Waals surface area contributed by atoms with E-state index in [2.05, 4.69) is 217 Å². The number of halogens is 5. The first-order valence-corrected chi connectivity index (χ1v) is 46.3. The minimum Gasteiger partial charge on any atom is -0.254 e. The zero-order valence-electron chi connectivity index (χ0n) is 72.3. The molecule has 11 N–H and O–H groups in total. The normalized spacial score (nSPS) is 9.18. The molecule has 0 saturated heterocycles. The SMILES string of the molecule is C=c1c(=C)c2cccnc2c2ncccc12.Cc1c(C)c(C)c2nc3c4cccnc4c4ncccc4c3nc2c1C.Cl.NO.Nc1c(N)c2cccnc2c2ncccc12.Nc1c(N)c2cccnc2c2ncccc12.O=C1C(=O)c2cccnc2-c2ncccc21.[Br-].[C-]#[O+].[C-]#[O+].[C-]#[O+].[C-]#[O+].[C-]#[O+].[CH-]=O.[CH-]=O.[CH-]=O.[CH-]=O.[CH-]=O.[CH-]=O.[Cl][Re].[Cl][Re].[Cl][Re].[K+].c1cnc2c(c1)ccc1cccnc12. The Morgan fingerprint density at radius 1 is 0.277 bits per heavy atom. The second-order valence-electron chi connectivity index (χ2n) is 24.6. The summed E-state index contributed by atoms with van der Waals surface area (Å²) < 4.78 is 37.5. The number of aromatic nitrogens is 14. The van der Waals surface area contributed by atoms with Crippen LogP contribution in [0.5, 0.6) is 0 Å². The van der Waals surface area contributed by atoms with E-state index in [0.29, 0.717) is 45.3 Å². The molecular formula is C95H72BrCl4KN19O14Re3-6. The van der Waals surface area contributed by atoms with Crippen LogP contribution in [0.3, 0.4) is 0 Å². The number of carbonyl (C=O) groups excluding carboxylic acids is 8. The van der Waals surface area contributed by atoms with Crippen LogP contribution in [0.4, 0.5) is 22.7 Å². The Balaban J connectivity index is -0.000000736. The second-order valence-corrected chi connectivity index (χ2v) is 24.6. The molecular weight excluding hydrogens is 2450 g/mol. The number of ketones is 2. The molecule has 137 heavy (non-hydrogen) atoms. The van der Waals surface area contributed by atoms with Crippen LogP contribution in [0.2, 0.25) is 0 Å². The van der Waals surface area contributed by atoms with Crippen LogP contribution in [0.1, 0.15) is 43.0 Å². The Bertz CT molecular complexity index is 6800. The minimum absolute atomic E-state index is 0. The number of hydrogen-bond acceptors (Lipinski definition) is 28. The summed E-state index contributed by atoms with van der Waals surface area (Å²) in [5.74, 6) is 2.48. The summed E-state index contributed by atoms with van der Waals surface area (Å²) in [6, 6.07) is 49.4. The predicted octanol–water partition coefficient (Wildman–Crippen LogP) is 8.91. The van der Waals surface area contributed by atoms with Crippen LogP contribution < -0.4 is 108 Å². The summed E-state index contributed by atoms with van der Waals surface area (Å²) >= 11 is 3.58. The van der Waals surface area contributed by atoms with E-state index < -0.39 is 11.6 Å². The fraction of sp³-hybridized carbons (Fsp3) is 0.0421. The Morgan fingerprint density at radius 2 is 0.453 bits per heavy atom. The molecule has 0 unspecified atom stereocenters. The van der Waals surface area contributed by atoms with Gasteiger partial charge < -0.3 is 73.9 Å². The van der Waals surface area contributed by atoms with E-state index in [0.717, 1.165) is 142 Å². The molecule has 0 fully saturated rings. The van der Waals surface area contributed by atoms with Crippen molar-refractivity contribution >= 4 is 260 Å². The maximum absolute atomic E-state index is 11.8. The first-order chi connectivity index (χ1) is 65.7. The largest absolute Gasteiger partial charge is 1.00 e. The van der Waals surface area contributed by atoms with Gasteiger partial charge in [0, 0.05) is 128 Å². The number of hydrogen-bond donors (Lipinski definition) is 6. The van der Waals surface area contributed by atoms with Gasteiger partial charge in [-0.1, -0.05) is 49.6 Å². The molecule has 694 valence electrons. The Kier molecular flexibility index (Phi) is 69.5. The van der Waals surface area contributed by atoms with Gasteiger partial charge in [-0.25, -0.2) is 15.9 Å². The molecule has 1 aliphatic rings. The molecule has 33 nitrogen and oxygen atoms in total. The molecule has 6 aromatic carbocycles. The first kappa shape index (κ1) is 131. The number of anilines is 4. The fourth-order valence-corrected chi connectivity index (χ4v) is 13.1. The van der Waals surface area contributed by atoms with Crippen molar-refractivity contribution in [1.29, 1.82) is 0 Å². The number of aryl methyl sites for hydroxylation is 2. The van der Waals surface area contributed by atoms with E-state index in [-0.39, 0.29) is 80.8 Å². The van der Waals surface area contributed by atoms with Crippen molar-refractivity contribution < 1.29 is 190 Å². The van der Waals surface area contributed by atoms with Gasteiger partial charge in [0.1, 0.15) is 11.4 Å². The second kappa shape index (κ2) is 72.9. The maximum Gasteiger partial charge on any atom is 1.00 e. The summed E-state index contributed by atoms with van der Waals surface area (Å²) in [7, 11) is 14.1. The van der Waals surface area contributed by atoms with E-state index >= 15 is 0 Å². The van der Waals surface area contributed by atoms with Gasteiger partial charge in [0.05, 0.1) is 111 Å². The first-order valence-electron chi connectivity index (χ1n) is 36.2. The standard InChI is InChI=1S/C22H18N4.C14H10N2.2C12H10N4.C12H6N2O2.C12H8N2.6CHO.5CO.BrH.4ClH.K.H3NO.3Re/c1-11-12(2)14(4)18-17(13(11)3)25-21-15-7-5-9-23-19(15)20-16(22(21)26-18)8-6-10-24-20;1-9-10(2)12-6-4-8-16-14(12)13-11(9)5-3-7-15-13;2*13-9-7-3-1-5-15-11(7)12-8(10(9)14)4-2-6-16-12;15-11-7-3-1-5-13-9(7)10-8(12(11)16)4-2-6-14-10;1-3-9-5-6-10-4-2-8-14-12(10)11(9)13-7-1;11*1-2;;;;;;;1-2;;;/h5-10H,1-4H3;3-8H,1-2H2;2*1-6H,13-14H2;1-6H;1-8H;6*1H;;;;;;5*1H;;2H,1H2;;;/q;;;;;;6*-1;;;;;;;;;;;+1;;3*+1/p-4. The van der Waals surface area contributed by atoms with Crippen molar-refractivity contribution in [3.05, 3.63) is 309 Å². The molecule has 13 aromatic heterocycles. The molecule has 19 aromatic rings. The van der Waals surface area contributed by atoms with E-state index in [4.69, 9.17) is 119 Å². The zero-order chi connectivity index (χ0) is 102. The fourth-order valence-electron chi connectivity index (χ4n) is 13.1. The van der Waals surface area contributed by atoms with E-state index in [9.17, 15) is 9.59 Å². The van der Waals surface area contributed by atoms with Gasteiger partial charge in [0.25, 0.3) is 0 Å². The maximum atomic E-state index is 11.8. The number of rotatable bonds is 0. The Hall–Kier alpha value is -12.5. The number of nitrogens with zero attached hydrogens (tertiary/aromatic N) is 14. The molecule has 42 heteroatoms. The number of nitrogen functional groups attached to an aromatic ring is 4. The molecule has 0 spiro atoms. The summed E-state index contributed by atoms with van der Waals surface area (Å²) in [5, 5.41) is 18.1. The number of nitrogens with two attached hydrogens (primary N) is 5. The number of Topliss-reactive ketones (excluding diaryl/α,β-unsaturated/α-hetero) is 2. The van der Waals surface area contributed by atoms with E-state index in [1.165, 1.54) is 76.8 Å². The van der Waals surface area contributed by atoms with Crippen molar-refractivity contribution in [3.8, 4) is 11.4 Å². The number of pyridine rings is 12. The molecule has 1 aliphatic carbocycles. The Labute approximate surface area is 887 Å². The van der Waals surface area contributed by atoms with Crippen molar-refractivity contribution in [2.24, 2.45) is 5.90 Å². The predicted molar refractivity (Wildman–Crippen MR) is 510 cm³/mol. The van der Waals surface area contributed by atoms with Crippen molar-refractivity contribution in [2.45, 2.75) is 27.7 Å². The molecule has 0 bridgehead atoms. The molecule has 0 atom stereocenters. The molecule has 13 heterocycles. The third-order valence-electron chi connectivity index (χ3n) is 18.8. The zero-order valence-corrected chi connectivity index (χ0v) is 88.2. The monoisotopic (exact) mass is 2520 g/mol. The molecule has 0 amide bonds. The average Bonchev–Trinajstić information content (AvgIpc) is 0.703.